The van der Waals surface area contributed by atoms with E-state index in [0.29, 0.717) is 12.1 Å². The fourth-order valence-corrected chi connectivity index (χ4v) is 3.27. The fraction of sp³-hybridized carbons (Fsp3) is 0.385. The summed E-state index contributed by atoms with van der Waals surface area (Å²) in [6.07, 6.45) is 0.144. The van der Waals surface area contributed by atoms with Crippen LogP contribution in [-0.2, 0) is 15.8 Å². The molecule has 0 atom stereocenters. The lowest BCUT2D eigenvalue weighted by Gasteiger charge is -2.19. The maximum absolute atomic E-state index is 12.2. The first-order valence-electron chi connectivity index (χ1n) is 6.07. The van der Waals surface area contributed by atoms with Crippen molar-refractivity contribution in [3.8, 4) is 6.07 Å². The minimum absolute atomic E-state index is 0.114. The quantitative estimate of drug-likeness (QED) is 0.821. The van der Waals surface area contributed by atoms with Crippen molar-refractivity contribution < 1.29 is 18.3 Å². The molecule has 0 aromatic heterocycles. The molecule has 0 aliphatic rings. The van der Waals surface area contributed by atoms with Crippen molar-refractivity contribution in [2.75, 3.05) is 13.1 Å². The summed E-state index contributed by atoms with van der Waals surface area (Å²) in [6.45, 7) is 2.18. The second kappa shape index (κ2) is 7.03. The van der Waals surface area contributed by atoms with Crippen molar-refractivity contribution in [1.82, 2.24) is 4.31 Å². The van der Waals surface area contributed by atoms with Gasteiger partial charge in [-0.2, -0.15) is 5.26 Å². The van der Waals surface area contributed by atoms with Gasteiger partial charge in [0.15, 0.2) is 0 Å². The highest BCUT2D eigenvalue weighted by atomic mass is 32.2. The van der Waals surface area contributed by atoms with E-state index >= 15 is 0 Å². The number of hydrogen-bond acceptors (Lipinski definition) is 4. The van der Waals surface area contributed by atoms with Crippen LogP contribution >= 0.6 is 0 Å². The number of sulfonamides is 1. The second-order valence-corrected chi connectivity index (χ2v) is 6.13. The molecule has 0 radical (unpaired) electrons. The predicted molar refractivity (Wildman–Crippen MR) is 73.5 cm³/mol. The molecule has 1 rings (SSSR count). The molecule has 0 amide bonds. The van der Waals surface area contributed by atoms with Gasteiger partial charge in [0.1, 0.15) is 0 Å². The van der Waals surface area contributed by atoms with Crippen LogP contribution in [0, 0.1) is 11.3 Å². The molecular formula is C13H16N2O4S. The molecule has 0 fully saturated rings. The molecule has 0 bridgehead atoms. The van der Waals surface area contributed by atoms with Crippen LogP contribution in [0.4, 0.5) is 0 Å². The molecule has 0 saturated heterocycles. The van der Waals surface area contributed by atoms with E-state index in [1.54, 1.807) is 6.92 Å². The summed E-state index contributed by atoms with van der Waals surface area (Å²) in [5.74, 6) is -1.25. The fourth-order valence-electron chi connectivity index (χ4n) is 1.71. The Bertz CT molecular complexity index is 602. The van der Waals surface area contributed by atoms with Crippen LogP contribution < -0.4 is 0 Å². The van der Waals surface area contributed by atoms with E-state index in [2.05, 4.69) is 0 Å². The molecule has 0 unspecified atom stereocenters. The molecule has 0 saturated carbocycles. The van der Waals surface area contributed by atoms with Crippen LogP contribution in [0.3, 0.4) is 0 Å². The summed E-state index contributed by atoms with van der Waals surface area (Å²) in [5.41, 5.74) is 0.633. The smallest absolute Gasteiger partial charge is 0.335 e. The summed E-state index contributed by atoms with van der Waals surface area (Å²) in [7, 11) is -3.50. The Balaban J connectivity index is 2.84. The molecule has 0 heterocycles. The Kier molecular flexibility index (Phi) is 5.67. The Hall–Kier alpha value is -1.91. The van der Waals surface area contributed by atoms with Crippen molar-refractivity contribution in [2.24, 2.45) is 0 Å². The van der Waals surface area contributed by atoms with E-state index in [0.717, 1.165) is 0 Å². The van der Waals surface area contributed by atoms with Crippen molar-refractivity contribution in [3.05, 3.63) is 35.4 Å². The lowest BCUT2D eigenvalue weighted by atomic mass is 10.1. The molecule has 20 heavy (non-hydrogen) atoms. The average Bonchev–Trinajstić information content (AvgIpc) is 2.39. The Morgan fingerprint density at radius 1 is 1.35 bits per heavy atom. The third-order valence-corrected chi connectivity index (χ3v) is 4.69. The van der Waals surface area contributed by atoms with Crippen molar-refractivity contribution in [2.45, 2.75) is 19.1 Å². The molecule has 108 valence electrons. The molecule has 7 heteroatoms. The number of nitriles is 1. The van der Waals surface area contributed by atoms with E-state index in [-0.39, 0.29) is 24.3 Å². The SMILES string of the molecule is CCN(CCC#N)S(=O)(=O)Cc1ccc(C(=O)O)cc1. The minimum atomic E-state index is -3.50. The zero-order valence-electron chi connectivity index (χ0n) is 11.1. The van der Waals surface area contributed by atoms with Gasteiger partial charge in [-0.05, 0) is 17.7 Å². The Labute approximate surface area is 118 Å². The van der Waals surface area contributed by atoms with Gasteiger partial charge in [-0.25, -0.2) is 17.5 Å². The molecule has 1 N–H and O–H groups in total. The van der Waals surface area contributed by atoms with Crippen molar-refractivity contribution in [3.63, 3.8) is 0 Å². The molecule has 1 aromatic rings. The number of carboxylic acids is 1. The van der Waals surface area contributed by atoms with E-state index < -0.39 is 16.0 Å². The van der Waals surface area contributed by atoms with Crippen molar-refractivity contribution >= 4 is 16.0 Å². The maximum Gasteiger partial charge on any atom is 0.335 e. The minimum Gasteiger partial charge on any atom is -0.478 e. The molecule has 0 aliphatic heterocycles. The number of benzene rings is 1. The van der Waals surface area contributed by atoms with Gasteiger partial charge in [0, 0.05) is 19.5 Å². The summed E-state index contributed by atoms with van der Waals surface area (Å²) >= 11 is 0. The van der Waals surface area contributed by atoms with Crippen molar-refractivity contribution in [1.29, 1.82) is 5.26 Å². The molecule has 6 nitrogen and oxygen atoms in total. The number of hydrogen-bond donors (Lipinski definition) is 1. The van der Waals surface area contributed by atoms with Gasteiger partial charge in [0.2, 0.25) is 10.0 Å². The van der Waals surface area contributed by atoms with E-state index in [1.807, 2.05) is 6.07 Å². The normalized spacial score (nSPS) is 11.2. The third-order valence-electron chi connectivity index (χ3n) is 2.77. The number of rotatable bonds is 7. The first-order chi connectivity index (χ1) is 9.40. The molecule has 0 spiro atoms. The topological polar surface area (TPSA) is 98.5 Å². The van der Waals surface area contributed by atoms with E-state index in [1.165, 1.54) is 28.6 Å². The molecule has 0 aliphatic carbocycles. The number of carboxylic acid groups (broad SMARTS) is 1. The second-order valence-electron chi connectivity index (χ2n) is 4.16. The van der Waals surface area contributed by atoms with Crippen LogP contribution in [0.25, 0.3) is 0 Å². The zero-order valence-corrected chi connectivity index (χ0v) is 11.9. The van der Waals surface area contributed by atoms with E-state index in [9.17, 15) is 13.2 Å². The van der Waals surface area contributed by atoms with Crippen LogP contribution in [0.5, 0.6) is 0 Å². The first kappa shape index (κ1) is 16.1. The van der Waals surface area contributed by atoms with Gasteiger partial charge in [-0.15, -0.1) is 0 Å². The number of nitrogens with zero attached hydrogens (tertiary/aromatic N) is 2. The highest BCUT2D eigenvalue weighted by molar-refractivity contribution is 7.88. The third kappa shape index (κ3) is 4.33. The van der Waals surface area contributed by atoms with Gasteiger partial charge in [-0.1, -0.05) is 19.1 Å². The molecular weight excluding hydrogens is 280 g/mol. The van der Waals surface area contributed by atoms with Gasteiger partial charge in [0.05, 0.1) is 17.4 Å². The Morgan fingerprint density at radius 2 is 1.95 bits per heavy atom. The first-order valence-corrected chi connectivity index (χ1v) is 7.68. The molecule has 1 aromatic carbocycles. The lowest BCUT2D eigenvalue weighted by molar-refractivity contribution is 0.0697. The van der Waals surface area contributed by atoms with Crippen LogP contribution in [0.15, 0.2) is 24.3 Å². The van der Waals surface area contributed by atoms with Crippen LogP contribution in [-0.4, -0.2) is 36.9 Å². The highest BCUT2D eigenvalue weighted by Gasteiger charge is 2.20. The average molecular weight is 296 g/mol. The number of carbonyl (C=O) groups is 1. The van der Waals surface area contributed by atoms with Gasteiger partial charge >= 0.3 is 5.97 Å². The van der Waals surface area contributed by atoms with Crippen LogP contribution in [0.1, 0.15) is 29.3 Å². The van der Waals surface area contributed by atoms with Gasteiger partial charge in [-0.3, -0.25) is 0 Å². The predicted octanol–water partition coefficient (Wildman–Crippen LogP) is 1.45. The summed E-state index contributed by atoms with van der Waals surface area (Å²) in [5, 5.41) is 17.3. The standard InChI is InChI=1S/C13H16N2O4S/c1-2-15(9-3-8-14)20(18,19)10-11-4-6-12(7-5-11)13(16)17/h4-7H,2-3,9-10H2,1H3,(H,16,17). The van der Waals surface area contributed by atoms with E-state index in [4.69, 9.17) is 10.4 Å². The van der Waals surface area contributed by atoms with Crippen LogP contribution in [0.2, 0.25) is 0 Å². The summed E-state index contributed by atoms with van der Waals surface area (Å²) in [6, 6.07) is 7.64. The maximum atomic E-state index is 12.2. The van der Waals surface area contributed by atoms with Gasteiger partial charge in [0.25, 0.3) is 0 Å². The zero-order chi connectivity index (χ0) is 15.2. The Morgan fingerprint density at radius 3 is 2.40 bits per heavy atom. The largest absolute Gasteiger partial charge is 0.478 e. The summed E-state index contributed by atoms with van der Waals surface area (Å²) < 4.78 is 25.6. The summed E-state index contributed by atoms with van der Waals surface area (Å²) in [4.78, 5) is 10.7. The lowest BCUT2D eigenvalue weighted by Crippen LogP contribution is -2.32. The van der Waals surface area contributed by atoms with Gasteiger partial charge < -0.3 is 5.11 Å². The highest BCUT2D eigenvalue weighted by Crippen LogP contribution is 2.12. The number of aromatic carboxylic acids is 1. The monoisotopic (exact) mass is 296 g/mol.